The summed E-state index contributed by atoms with van der Waals surface area (Å²) in [5.74, 6) is -0.185. The van der Waals surface area contributed by atoms with Gasteiger partial charge in [-0.05, 0) is 37.6 Å². The molecule has 2 rings (SSSR count). The van der Waals surface area contributed by atoms with Gasteiger partial charge in [0.05, 0.1) is 0 Å². The van der Waals surface area contributed by atoms with Gasteiger partial charge in [0.1, 0.15) is 5.82 Å². The van der Waals surface area contributed by atoms with Crippen LogP contribution >= 0.6 is 0 Å². The molecule has 80 valence electrons. The SMILES string of the molecule is Cc1c(C)n(CCN)c2ccc(F)cc12. The van der Waals surface area contributed by atoms with Crippen LogP contribution in [0.3, 0.4) is 0 Å². The lowest BCUT2D eigenvalue weighted by atomic mass is 10.1. The molecular weight excluding hydrogens is 191 g/mol. The van der Waals surface area contributed by atoms with Crippen LogP contribution in [0.5, 0.6) is 0 Å². The fourth-order valence-corrected chi connectivity index (χ4v) is 2.04. The van der Waals surface area contributed by atoms with E-state index in [1.165, 1.54) is 11.8 Å². The first-order valence-corrected chi connectivity index (χ1v) is 5.10. The van der Waals surface area contributed by atoms with Crippen molar-refractivity contribution in [3.05, 3.63) is 35.3 Å². The van der Waals surface area contributed by atoms with Gasteiger partial charge in [0.25, 0.3) is 0 Å². The molecule has 0 aliphatic rings. The van der Waals surface area contributed by atoms with E-state index in [1.807, 2.05) is 19.9 Å². The molecular formula is C12H15FN2. The van der Waals surface area contributed by atoms with Crippen molar-refractivity contribution in [2.24, 2.45) is 5.73 Å². The first-order valence-electron chi connectivity index (χ1n) is 5.10. The molecule has 0 fully saturated rings. The van der Waals surface area contributed by atoms with E-state index in [2.05, 4.69) is 4.57 Å². The lowest BCUT2D eigenvalue weighted by molar-refractivity contribution is 0.629. The molecule has 1 aromatic carbocycles. The zero-order chi connectivity index (χ0) is 11.0. The number of rotatable bonds is 2. The number of aromatic nitrogens is 1. The van der Waals surface area contributed by atoms with E-state index >= 15 is 0 Å². The summed E-state index contributed by atoms with van der Waals surface area (Å²) in [6.45, 7) is 5.44. The van der Waals surface area contributed by atoms with Crippen LogP contribution in [0.2, 0.25) is 0 Å². The first kappa shape index (κ1) is 10.2. The lowest BCUT2D eigenvalue weighted by Crippen LogP contribution is -2.10. The van der Waals surface area contributed by atoms with Gasteiger partial charge in [-0.25, -0.2) is 4.39 Å². The average molecular weight is 206 g/mol. The molecule has 2 N–H and O–H groups in total. The van der Waals surface area contributed by atoms with Gasteiger partial charge in [0.15, 0.2) is 0 Å². The van der Waals surface area contributed by atoms with Gasteiger partial charge < -0.3 is 10.3 Å². The Morgan fingerprint density at radius 1 is 1.33 bits per heavy atom. The number of hydrogen-bond donors (Lipinski definition) is 1. The maximum absolute atomic E-state index is 13.1. The normalized spacial score (nSPS) is 11.2. The third-order valence-electron chi connectivity index (χ3n) is 2.95. The molecule has 0 saturated heterocycles. The number of hydrogen-bond acceptors (Lipinski definition) is 1. The Bertz CT molecular complexity index is 500. The van der Waals surface area contributed by atoms with Crippen LogP contribution in [0.15, 0.2) is 18.2 Å². The Balaban J connectivity index is 2.75. The summed E-state index contributed by atoms with van der Waals surface area (Å²) in [6, 6.07) is 4.90. The van der Waals surface area contributed by atoms with Crippen LogP contribution in [0.4, 0.5) is 4.39 Å². The van der Waals surface area contributed by atoms with Crippen LogP contribution < -0.4 is 5.73 Å². The summed E-state index contributed by atoms with van der Waals surface area (Å²) in [5, 5.41) is 0.987. The molecule has 0 spiro atoms. The summed E-state index contributed by atoms with van der Waals surface area (Å²) in [5.41, 5.74) is 8.94. The van der Waals surface area contributed by atoms with Crippen molar-refractivity contribution >= 4 is 10.9 Å². The highest BCUT2D eigenvalue weighted by molar-refractivity contribution is 5.85. The zero-order valence-corrected chi connectivity index (χ0v) is 9.05. The highest BCUT2D eigenvalue weighted by Crippen LogP contribution is 2.25. The van der Waals surface area contributed by atoms with Gasteiger partial charge in [-0.15, -0.1) is 0 Å². The molecule has 0 unspecified atom stereocenters. The van der Waals surface area contributed by atoms with E-state index < -0.39 is 0 Å². The fourth-order valence-electron chi connectivity index (χ4n) is 2.04. The van der Waals surface area contributed by atoms with E-state index in [9.17, 15) is 4.39 Å². The standard InChI is InChI=1S/C12H15FN2/c1-8-9(2)15(6-5-14)12-4-3-10(13)7-11(8)12/h3-4,7H,5-6,14H2,1-2H3. The van der Waals surface area contributed by atoms with Gasteiger partial charge in [-0.3, -0.25) is 0 Å². The van der Waals surface area contributed by atoms with Crippen molar-refractivity contribution in [3.63, 3.8) is 0 Å². The van der Waals surface area contributed by atoms with Crippen molar-refractivity contribution in [2.45, 2.75) is 20.4 Å². The molecule has 0 bridgehead atoms. The number of benzene rings is 1. The number of nitrogens with zero attached hydrogens (tertiary/aromatic N) is 1. The number of halogens is 1. The summed E-state index contributed by atoms with van der Waals surface area (Å²) in [6.07, 6.45) is 0. The van der Waals surface area contributed by atoms with Crippen LogP contribution in [0, 0.1) is 19.7 Å². The number of nitrogens with two attached hydrogens (primary N) is 1. The third kappa shape index (κ3) is 1.53. The molecule has 1 heterocycles. The minimum atomic E-state index is -0.185. The van der Waals surface area contributed by atoms with Gasteiger partial charge in [-0.1, -0.05) is 0 Å². The maximum atomic E-state index is 13.1. The predicted octanol–water partition coefficient (Wildman–Crippen LogP) is 2.36. The van der Waals surface area contributed by atoms with E-state index in [-0.39, 0.29) is 5.82 Å². The van der Waals surface area contributed by atoms with Gasteiger partial charge in [0.2, 0.25) is 0 Å². The van der Waals surface area contributed by atoms with E-state index in [4.69, 9.17) is 5.73 Å². The van der Waals surface area contributed by atoms with Crippen LogP contribution in [-0.2, 0) is 6.54 Å². The predicted molar refractivity (Wildman–Crippen MR) is 60.4 cm³/mol. The Morgan fingerprint density at radius 2 is 2.07 bits per heavy atom. The van der Waals surface area contributed by atoms with Gasteiger partial charge in [-0.2, -0.15) is 0 Å². The second-order valence-electron chi connectivity index (χ2n) is 3.81. The fraction of sp³-hybridized carbons (Fsp3) is 0.333. The molecule has 1 aromatic heterocycles. The molecule has 2 aromatic rings. The second kappa shape index (κ2) is 3.66. The summed E-state index contributed by atoms with van der Waals surface area (Å²) in [7, 11) is 0. The molecule has 0 aliphatic heterocycles. The second-order valence-corrected chi connectivity index (χ2v) is 3.81. The van der Waals surface area contributed by atoms with Crippen LogP contribution in [-0.4, -0.2) is 11.1 Å². The van der Waals surface area contributed by atoms with Crippen LogP contribution in [0.25, 0.3) is 10.9 Å². The quantitative estimate of drug-likeness (QED) is 0.803. The van der Waals surface area contributed by atoms with E-state index in [0.29, 0.717) is 6.54 Å². The maximum Gasteiger partial charge on any atom is 0.123 e. The minimum Gasteiger partial charge on any atom is -0.343 e. The highest BCUT2D eigenvalue weighted by atomic mass is 19.1. The topological polar surface area (TPSA) is 30.9 Å². The van der Waals surface area contributed by atoms with Gasteiger partial charge >= 0.3 is 0 Å². The third-order valence-corrected chi connectivity index (χ3v) is 2.95. The van der Waals surface area contributed by atoms with Crippen molar-refractivity contribution in [1.29, 1.82) is 0 Å². The Labute approximate surface area is 88.5 Å². The molecule has 15 heavy (non-hydrogen) atoms. The van der Waals surface area contributed by atoms with Crippen LogP contribution in [0.1, 0.15) is 11.3 Å². The zero-order valence-electron chi connectivity index (χ0n) is 9.05. The largest absolute Gasteiger partial charge is 0.343 e. The molecule has 0 atom stereocenters. The molecule has 2 nitrogen and oxygen atoms in total. The highest BCUT2D eigenvalue weighted by Gasteiger charge is 2.10. The lowest BCUT2D eigenvalue weighted by Gasteiger charge is -2.05. The van der Waals surface area contributed by atoms with Crippen molar-refractivity contribution in [3.8, 4) is 0 Å². The number of fused-ring (bicyclic) bond motifs is 1. The molecule has 0 radical (unpaired) electrons. The van der Waals surface area contributed by atoms with Gasteiger partial charge in [0, 0.05) is 29.7 Å². The molecule has 0 saturated carbocycles. The van der Waals surface area contributed by atoms with Crippen molar-refractivity contribution in [1.82, 2.24) is 4.57 Å². The summed E-state index contributed by atoms with van der Waals surface area (Å²) in [4.78, 5) is 0. The minimum absolute atomic E-state index is 0.185. The first-order chi connectivity index (χ1) is 7.15. The monoisotopic (exact) mass is 206 g/mol. The van der Waals surface area contributed by atoms with Crippen molar-refractivity contribution in [2.75, 3.05) is 6.54 Å². The van der Waals surface area contributed by atoms with Crippen molar-refractivity contribution < 1.29 is 4.39 Å². The Hall–Kier alpha value is -1.35. The van der Waals surface area contributed by atoms with E-state index in [1.54, 1.807) is 6.07 Å². The molecule has 0 amide bonds. The summed E-state index contributed by atoms with van der Waals surface area (Å²) < 4.78 is 15.3. The molecule has 3 heteroatoms. The average Bonchev–Trinajstić information content (AvgIpc) is 2.44. The summed E-state index contributed by atoms with van der Waals surface area (Å²) >= 11 is 0. The Kier molecular flexibility index (Phi) is 2.49. The smallest absolute Gasteiger partial charge is 0.123 e. The Morgan fingerprint density at radius 3 is 2.73 bits per heavy atom. The van der Waals surface area contributed by atoms with E-state index in [0.717, 1.165) is 23.0 Å². The number of aryl methyl sites for hydroxylation is 1. The molecule has 0 aliphatic carbocycles.